The zero-order valence-corrected chi connectivity index (χ0v) is 12.6. The van der Waals surface area contributed by atoms with E-state index < -0.39 is 0 Å². The second kappa shape index (κ2) is 6.31. The molecular formula is C17H20N2O2. The minimum absolute atomic E-state index is 0.0269. The monoisotopic (exact) mass is 284 g/mol. The lowest BCUT2D eigenvalue weighted by molar-refractivity contribution is 0.0785. The lowest BCUT2D eigenvalue weighted by atomic mass is 10.1. The molecule has 0 spiro atoms. The van der Waals surface area contributed by atoms with Gasteiger partial charge in [0.1, 0.15) is 5.75 Å². The average Bonchev–Trinajstić information content (AvgIpc) is 2.49. The van der Waals surface area contributed by atoms with Crippen LogP contribution in [-0.2, 0) is 6.54 Å². The molecule has 2 rings (SSSR count). The summed E-state index contributed by atoms with van der Waals surface area (Å²) in [5, 5.41) is 0. The summed E-state index contributed by atoms with van der Waals surface area (Å²) in [7, 11) is 3.42. The molecule has 2 aromatic carbocycles. The van der Waals surface area contributed by atoms with E-state index >= 15 is 0 Å². The second-order valence-electron chi connectivity index (χ2n) is 5.08. The van der Waals surface area contributed by atoms with Gasteiger partial charge in [0.15, 0.2) is 0 Å². The number of nitrogens with two attached hydrogens (primary N) is 1. The average molecular weight is 284 g/mol. The Bertz CT molecular complexity index is 653. The van der Waals surface area contributed by atoms with Crippen molar-refractivity contribution in [1.82, 2.24) is 4.90 Å². The smallest absolute Gasteiger partial charge is 0.253 e. The van der Waals surface area contributed by atoms with Crippen molar-refractivity contribution < 1.29 is 9.53 Å². The highest BCUT2D eigenvalue weighted by atomic mass is 16.5. The summed E-state index contributed by atoms with van der Waals surface area (Å²) in [6.07, 6.45) is 0. The maximum atomic E-state index is 12.4. The highest BCUT2D eigenvalue weighted by Gasteiger charge is 2.13. The van der Waals surface area contributed by atoms with Crippen molar-refractivity contribution in [2.75, 3.05) is 19.9 Å². The van der Waals surface area contributed by atoms with Crippen LogP contribution in [0, 0.1) is 6.92 Å². The minimum Gasteiger partial charge on any atom is -0.497 e. The predicted molar refractivity (Wildman–Crippen MR) is 84.4 cm³/mol. The summed E-state index contributed by atoms with van der Waals surface area (Å²) in [4.78, 5) is 14.1. The lowest BCUT2D eigenvalue weighted by Crippen LogP contribution is -2.26. The van der Waals surface area contributed by atoms with Gasteiger partial charge in [-0.25, -0.2) is 0 Å². The van der Waals surface area contributed by atoms with E-state index in [1.807, 2.05) is 37.3 Å². The fourth-order valence-corrected chi connectivity index (χ4v) is 2.15. The minimum atomic E-state index is -0.0269. The van der Waals surface area contributed by atoms with Gasteiger partial charge in [0.25, 0.3) is 5.91 Å². The summed E-state index contributed by atoms with van der Waals surface area (Å²) >= 11 is 0. The zero-order valence-electron chi connectivity index (χ0n) is 12.6. The van der Waals surface area contributed by atoms with Crippen LogP contribution in [0.15, 0.2) is 42.5 Å². The van der Waals surface area contributed by atoms with Gasteiger partial charge in [0, 0.05) is 24.8 Å². The molecule has 2 N–H and O–H groups in total. The van der Waals surface area contributed by atoms with Crippen molar-refractivity contribution in [2.24, 2.45) is 0 Å². The molecule has 0 saturated heterocycles. The SMILES string of the molecule is COc1cccc(CN(C)C(=O)c2ccc(N)c(C)c2)c1. The summed E-state index contributed by atoms with van der Waals surface area (Å²) < 4.78 is 5.19. The molecule has 21 heavy (non-hydrogen) atoms. The quantitative estimate of drug-likeness (QED) is 0.878. The Hall–Kier alpha value is -2.49. The van der Waals surface area contributed by atoms with E-state index in [0.717, 1.165) is 16.9 Å². The Morgan fingerprint density at radius 1 is 1.24 bits per heavy atom. The van der Waals surface area contributed by atoms with Crippen molar-refractivity contribution in [3.63, 3.8) is 0 Å². The predicted octanol–water partition coefficient (Wildman–Crippen LogP) is 2.86. The number of rotatable bonds is 4. The van der Waals surface area contributed by atoms with Crippen LogP contribution < -0.4 is 10.5 Å². The maximum absolute atomic E-state index is 12.4. The standard InChI is InChI=1S/C17H20N2O2/c1-12-9-14(7-8-16(12)18)17(20)19(2)11-13-5-4-6-15(10-13)21-3/h4-10H,11,18H2,1-3H3. The molecule has 0 aromatic heterocycles. The van der Waals surface area contributed by atoms with Gasteiger partial charge in [-0.3, -0.25) is 4.79 Å². The third kappa shape index (κ3) is 3.54. The number of amides is 1. The van der Waals surface area contributed by atoms with Crippen molar-refractivity contribution >= 4 is 11.6 Å². The molecule has 0 radical (unpaired) electrons. The van der Waals surface area contributed by atoms with Gasteiger partial charge >= 0.3 is 0 Å². The van der Waals surface area contributed by atoms with Crippen LogP contribution in [0.5, 0.6) is 5.75 Å². The zero-order chi connectivity index (χ0) is 15.4. The van der Waals surface area contributed by atoms with Crippen LogP contribution in [0.3, 0.4) is 0 Å². The summed E-state index contributed by atoms with van der Waals surface area (Å²) in [6, 6.07) is 13.0. The van der Waals surface area contributed by atoms with Crippen LogP contribution in [0.1, 0.15) is 21.5 Å². The van der Waals surface area contributed by atoms with Crippen LogP contribution in [0.25, 0.3) is 0 Å². The van der Waals surface area contributed by atoms with E-state index in [1.54, 1.807) is 31.2 Å². The molecule has 0 heterocycles. The first kappa shape index (κ1) is 14.9. The molecule has 0 atom stereocenters. The Morgan fingerprint density at radius 3 is 2.67 bits per heavy atom. The van der Waals surface area contributed by atoms with Crippen molar-refractivity contribution in [3.8, 4) is 5.75 Å². The number of benzene rings is 2. The number of nitrogen functional groups attached to an aromatic ring is 1. The highest BCUT2D eigenvalue weighted by molar-refractivity contribution is 5.94. The first-order valence-electron chi connectivity index (χ1n) is 6.76. The number of anilines is 1. The number of aryl methyl sites for hydroxylation is 1. The largest absolute Gasteiger partial charge is 0.497 e. The number of carbonyl (C=O) groups excluding carboxylic acids is 1. The number of methoxy groups -OCH3 is 1. The van der Waals surface area contributed by atoms with Crippen LogP contribution >= 0.6 is 0 Å². The molecule has 0 bridgehead atoms. The molecule has 4 nitrogen and oxygen atoms in total. The fraction of sp³-hybridized carbons (Fsp3) is 0.235. The Kier molecular flexibility index (Phi) is 4.48. The summed E-state index contributed by atoms with van der Waals surface area (Å²) in [5.41, 5.74) is 9.06. The van der Waals surface area contributed by atoms with Crippen LogP contribution in [-0.4, -0.2) is 25.0 Å². The number of ether oxygens (including phenoxy) is 1. The van der Waals surface area contributed by atoms with Crippen molar-refractivity contribution in [1.29, 1.82) is 0 Å². The van der Waals surface area contributed by atoms with E-state index in [-0.39, 0.29) is 5.91 Å². The molecule has 0 aliphatic carbocycles. The van der Waals surface area contributed by atoms with Crippen molar-refractivity contribution in [2.45, 2.75) is 13.5 Å². The molecule has 0 aliphatic rings. The van der Waals surface area contributed by atoms with Gasteiger partial charge in [-0.05, 0) is 48.4 Å². The summed E-state index contributed by atoms with van der Waals surface area (Å²) in [6.45, 7) is 2.42. The Labute approximate surface area is 125 Å². The van der Waals surface area contributed by atoms with Crippen LogP contribution in [0.2, 0.25) is 0 Å². The van der Waals surface area contributed by atoms with E-state index in [9.17, 15) is 4.79 Å². The van der Waals surface area contributed by atoms with E-state index in [4.69, 9.17) is 10.5 Å². The molecule has 2 aromatic rings. The topological polar surface area (TPSA) is 55.6 Å². The molecule has 4 heteroatoms. The van der Waals surface area contributed by atoms with Crippen LogP contribution in [0.4, 0.5) is 5.69 Å². The highest BCUT2D eigenvalue weighted by Crippen LogP contribution is 2.17. The molecule has 0 aliphatic heterocycles. The second-order valence-corrected chi connectivity index (χ2v) is 5.08. The van der Waals surface area contributed by atoms with Gasteiger partial charge in [0.05, 0.1) is 7.11 Å². The van der Waals surface area contributed by atoms with Crippen molar-refractivity contribution in [3.05, 3.63) is 59.2 Å². The Morgan fingerprint density at radius 2 is 2.00 bits per heavy atom. The van der Waals surface area contributed by atoms with Gasteiger partial charge in [-0.1, -0.05) is 12.1 Å². The summed E-state index contributed by atoms with van der Waals surface area (Å²) in [5.74, 6) is 0.762. The van der Waals surface area contributed by atoms with E-state index in [0.29, 0.717) is 17.8 Å². The first-order chi connectivity index (χ1) is 10.0. The van der Waals surface area contributed by atoms with Gasteiger partial charge in [0.2, 0.25) is 0 Å². The number of nitrogens with zero attached hydrogens (tertiary/aromatic N) is 1. The molecule has 110 valence electrons. The Balaban J connectivity index is 2.13. The molecular weight excluding hydrogens is 264 g/mol. The number of hydrogen-bond acceptors (Lipinski definition) is 3. The molecule has 0 unspecified atom stereocenters. The fourth-order valence-electron chi connectivity index (χ4n) is 2.15. The molecule has 1 amide bonds. The van der Waals surface area contributed by atoms with Gasteiger partial charge < -0.3 is 15.4 Å². The van der Waals surface area contributed by atoms with E-state index in [2.05, 4.69) is 0 Å². The number of hydrogen-bond donors (Lipinski definition) is 1. The number of carbonyl (C=O) groups is 1. The maximum Gasteiger partial charge on any atom is 0.253 e. The normalized spacial score (nSPS) is 10.2. The first-order valence-corrected chi connectivity index (χ1v) is 6.76. The van der Waals surface area contributed by atoms with E-state index in [1.165, 1.54) is 0 Å². The molecule has 0 fully saturated rings. The third-order valence-electron chi connectivity index (χ3n) is 3.42. The molecule has 0 saturated carbocycles. The third-order valence-corrected chi connectivity index (χ3v) is 3.42. The van der Waals surface area contributed by atoms with Gasteiger partial charge in [-0.15, -0.1) is 0 Å². The lowest BCUT2D eigenvalue weighted by Gasteiger charge is -2.18. The van der Waals surface area contributed by atoms with Gasteiger partial charge in [-0.2, -0.15) is 0 Å².